The van der Waals surface area contributed by atoms with Gasteiger partial charge in [0.2, 0.25) is 23.6 Å². The van der Waals surface area contributed by atoms with Gasteiger partial charge in [-0.1, -0.05) is 41.4 Å². The number of amides is 4. The van der Waals surface area contributed by atoms with Crippen LogP contribution >= 0.6 is 23.2 Å². The predicted octanol–water partition coefficient (Wildman–Crippen LogP) is 0.770. The zero-order chi connectivity index (χ0) is 33.3. The molecule has 0 aliphatic carbocycles. The topological polar surface area (TPSA) is 227 Å². The minimum atomic E-state index is -1.66. The molecule has 9 N–H and O–H groups in total. The van der Waals surface area contributed by atoms with Gasteiger partial charge in [-0.15, -0.1) is 0 Å². The van der Waals surface area contributed by atoms with E-state index >= 15 is 0 Å². The van der Waals surface area contributed by atoms with Crippen molar-refractivity contribution in [2.24, 2.45) is 11.5 Å². The number of rotatable bonds is 16. The SMILES string of the molecule is CS(=O)CC[C@H](NC(=O)[C@H](N)Cc1c[nH]c2ccccc12)C(=O)N[C@@H](CC(=O)O)C(=O)N[C@@H](Cc1cc(Cl)cc(Cl)c1)C(N)=O. The number of primary amides is 1. The van der Waals surface area contributed by atoms with Crippen LogP contribution in [0.25, 0.3) is 10.9 Å². The molecule has 0 bridgehead atoms. The van der Waals surface area contributed by atoms with E-state index in [1.807, 2.05) is 24.3 Å². The van der Waals surface area contributed by atoms with Gasteiger partial charge in [0.15, 0.2) is 0 Å². The summed E-state index contributed by atoms with van der Waals surface area (Å²) in [4.78, 5) is 66.4. The monoisotopic (exact) mass is 680 g/mol. The molecule has 242 valence electrons. The highest BCUT2D eigenvalue weighted by atomic mass is 35.5. The van der Waals surface area contributed by atoms with Crippen LogP contribution in [0.4, 0.5) is 0 Å². The molecule has 4 amide bonds. The minimum Gasteiger partial charge on any atom is -0.481 e. The van der Waals surface area contributed by atoms with Gasteiger partial charge in [0, 0.05) is 56.4 Å². The van der Waals surface area contributed by atoms with E-state index < -0.39 is 71.0 Å². The Morgan fingerprint density at radius 1 is 0.911 bits per heavy atom. The lowest BCUT2D eigenvalue weighted by Crippen LogP contribution is -2.58. The van der Waals surface area contributed by atoms with Gasteiger partial charge in [-0.05, 0) is 48.2 Å². The van der Waals surface area contributed by atoms with Crippen molar-refractivity contribution in [1.29, 1.82) is 0 Å². The number of hydrogen-bond donors (Lipinski definition) is 7. The molecule has 0 fully saturated rings. The highest BCUT2D eigenvalue weighted by Gasteiger charge is 2.31. The van der Waals surface area contributed by atoms with E-state index in [1.54, 1.807) is 6.20 Å². The number of carbonyl (C=O) groups excluding carboxylic acids is 4. The molecule has 13 nitrogen and oxygen atoms in total. The van der Waals surface area contributed by atoms with Crippen LogP contribution in [0.5, 0.6) is 0 Å². The third kappa shape index (κ3) is 10.8. The van der Waals surface area contributed by atoms with E-state index in [0.29, 0.717) is 5.56 Å². The van der Waals surface area contributed by atoms with Crippen molar-refractivity contribution in [3.63, 3.8) is 0 Å². The van der Waals surface area contributed by atoms with Crippen LogP contribution < -0.4 is 27.4 Å². The fourth-order valence-corrected chi connectivity index (χ4v) is 5.72. The quantitative estimate of drug-likeness (QED) is 0.114. The Morgan fingerprint density at radius 2 is 1.51 bits per heavy atom. The number of hydrogen-bond acceptors (Lipinski definition) is 7. The molecular formula is C29H34Cl2N6O7S. The Kier molecular flexibility index (Phi) is 12.9. The van der Waals surface area contributed by atoms with Gasteiger partial charge in [-0.3, -0.25) is 28.2 Å². The molecule has 2 aromatic carbocycles. The zero-order valence-electron chi connectivity index (χ0n) is 24.2. The lowest BCUT2D eigenvalue weighted by atomic mass is 10.0. The molecule has 0 aliphatic heterocycles. The highest BCUT2D eigenvalue weighted by molar-refractivity contribution is 7.84. The van der Waals surface area contributed by atoms with E-state index in [2.05, 4.69) is 20.9 Å². The van der Waals surface area contributed by atoms with Crippen LogP contribution in [-0.2, 0) is 47.6 Å². The second-order valence-corrected chi connectivity index (χ2v) is 12.8. The molecule has 0 aliphatic rings. The van der Waals surface area contributed by atoms with Gasteiger partial charge < -0.3 is 37.5 Å². The number of nitrogens with two attached hydrogens (primary N) is 2. The van der Waals surface area contributed by atoms with Gasteiger partial charge in [-0.2, -0.15) is 0 Å². The summed E-state index contributed by atoms with van der Waals surface area (Å²) in [5.74, 6) is -4.95. The summed E-state index contributed by atoms with van der Waals surface area (Å²) in [5.41, 5.74) is 13.8. The first-order valence-electron chi connectivity index (χ1n) is 13.7. The minimum absolute atomic E-state index is 0.0117. The summed E-state index contributed by atoms with van der Waals surface area (Å²) in [6.45, 7) is 0. The normalized spacial score (nSPS) is 14.5. The number of para-hydroxylation sites is 1. The van der Waals surface area contributed by atoms with Crippen molar-refractivity contribution in [2.75, 3.05) is 12.0 Å². The van der Waals surface area contributed by atoms with E-state index in [9.17, 15) is 33.3 Å². The predicted molar refractivity (Wildman–Crippen MR) is 171 cm³/mol. The molecule has 0 saturated carbocycles. The molecule has 1 aromatic heterocycles. The summed E-state index contributed by atoms with van der Waals surface area (Å²) in [6.07, 6.45) is 2.22. The van der Waals surface area contributed by atoms with Crippen LogP contribution in [0.3, 0.4) is 0 Å². The first kappa shape index (κ1) is 35.5. The van der Waals surface area contributed by atoms with Crippen LogP contribution in [0.1, 0.15) is 24.0 Å². The van der Waals surface area contributed by atoms with Crippen LogP contribution in [0, 0.1) is 0 Å². The third-order valence-electron chi connectivity index (χ3n) is 6.81. The molecule has 0 spiro atoms. The number of H-pyrrole nitrogens is 1. The Labute approximate surface area is 271 Å². The van der Waals surface area contributed by atoms with E-state index in [4.69, 9.17) is 34.7 Å². The summed E-state index contributed by atoms with van der Waals surface area (Å²) >= 11 is 12.0. The second kappa shape index (κ2) is 16.4. The van der Waals surface area contributed by atoms with Crippen molar-refractivity contribution in [3.05, 3.63) is 69.8 Å². The molecular weight excluding hydrogens is 647 g/mol. The Hall–Kier alpha value is -3.98. The average Bonchev–Trinajstić information content (AvgIpc) is 3.35. The fraction of sp³-hybridized carbons (Fsp3) is 0.345. The number of fused-ring (bicyclic) bond motifs is 1. The average molecular weight is 682 g/mol. The third-order valence-corrected chi connectivity index (χ3v) is 8.06. The first-order chi connectivity index (χ1) is 21.2. The number of nitrogens with one attached hydrogen (secondary N) is 4. The van der Waals surface area contributed by atoms with E-state index in [1.165, 1.54) is 24.5 Å². The van der Waals surface area contributed by atoms with Crippen molar-refractivity contribution in [1.82, 2.24) is 20.9 Å². The molecule has 16 heteroatoms. The van der Waals surface area contributed by atoms with Gasteiger partial charge in [-0.25, -0.2) is 0 Å². The maximum absolute atomic E-state index is 13.3. The van der Waals surface area contributed by atoms with Crippen molar-refractivity contribution in [2.45, 2.75) is 49.9 Å². The summed E-state index contributed by atoms with van der Waals surface area (Å²) in [6, 6.07) is 6.61. The molecule has 3 rings (SSSR count). The maximum atomic E-state index is 13.3. The van der Waals surface area contributed by atoms with E-state index in [0.717, 1.165) is 16.5 Å². The number of carbonyl (C=O) groups is 5. The Morgan fingerprint density at radius 3 is 2.13 bits per heavy atom. The van der Waals surface area contributed by atoms with Crippen molar-refractivity contribution >= 4 is 74.5 Å². The van der Waals surface area contributed by atoms with Crippen LogP contribution in [0.2, 0.25) is 10.0 Å². The number of carboxylic acid groups (broad SMARTS) is 1. The summed E-state index contributed by atoms with van der Waals surface area (Å²) < 4.78 is 11.8. The zero-order valence-corrected chi connectivity index (χ0v) is 26.5. The van der Waals surface area contributed by atoms with Gasteiger partial charge >= 0.3 is 5.97 Å². The number of aromatic nitrogens is 1. The van der Waals surface area contributed by atoms with Gasteiger partial charge in [0.1, 0.15) is 18.1 Å². The van der Waals surface area contributed by atoms with Crippen LogP contribution in [0.15, 0.2) is 48.7 Å². The molecule has 3 aromatic rings. The lowest BCUT2D eigenvalue weighted by Gasteiger charge is -2.25. The smallest absolute Gasteiger partial charge is 0.305 e. The van der Waals surface area contributed by atoms with Crippen molar-refractivity contribution < 1.29 is 33.3 Å². The largest absolute Gasteiger partial charge is 0.481 e. The number of aromatic amines is 1. The number of benzene rings is 2. The molecule has 0 radical (unpaired) electrons. The summed E-state index contributed by atoms with van der Waals surface area (Å²) in [7, 11) is -1.35. The Balaban J connectivity index is 1.73. The first-order valence-corrected chi connectivity index (χ1v) is 16.2. The van der Waals surface area contributed by atoms with E-state index in [-0.39, 0.29) is 35.1 Å². The summed E-state index contributed by atoms with van der Waals surface area (Å²) in [5, 5.41) is 18.1. The molecule has 0 saturated heterocycles. The number of carboxylic acids is 1. The molecule has 1 unspecified atom stereocenters. The molecule has 1 heterocycles. The number of halogens is 2. The Bertz CT molecular complexity index is 1580. The van der Waals surface area contributed by atoms with Gasteiger partial charge in [0.05, 0.1) is 12.5 Å². The fourth-order valence-electron chi connectivity index (χ4n) is 4.58. The second-order valence-electron chi connectivity index (χ2n) is 10.4. The standard InChI is InChI=1S/C29H34Cl2N6O7S/c1-45(44)7-6-22(35-27(41)20(32)11-16-14-34-21-5-3-2-4-19(16)21)28(42)37-24(13-25(38)39)29(43)36-23(26(33)40)10-15-8-17(30)12-18(31)9-15/h2-5,8-9,12,14,20,22-24,34H,6-7,10-11,13,32H2,1H3,(H2,33,40)(H,35,41)(H,36,43)(H,37,42)(H,38,39)/t20-,22+,23+,24+,45?/m1/s1. The highest BCUT2D eigenvalue weighted by Crippen LogP contribution is 2.21. The van der Waals surface area contributed by atoms with Gasteiger partial charge in [0.25, 0.3) is 0 Å². The lowest BCUT2D eigenvalue weighted by molar-refractivity contribution is -0.141. The maximum Gasteiger partial charge on any atom is 0.305 e. The molecule has 45 heavy (non-hydrogen) atoms. The van der Waals surface area contributed by atoms with Crippen LogP contribution in [-0.4, -0.2) is 80.1 Å². The molecule has 5 atom stereocenters. The van der Waals surface area contributed by atoms with Crippen molar-refractivity contribution in [3.8, 4) is 0 Å². The number of aliphatic carboxylic acids is 1.